The minimum atomic E-state index is 1.16. The molecule has 0 spiro atoms. The van der Waals surface area contributed by atoms with Gasteiger partial charge in [0.1, 0.15) is 0 Å². The Kier molecular flexibility index (Phi) is 2.25. The quantitative estimate of drug-likeness (QED) is 0.440. The van der Waals surface area contributed by atoms with Crippen molar-refractivity contribution in [3.8, 4) is 22.3 Å². The number of aryl methyl sites for hydroxylation is 1. The van der Waals surface area contributed by atoms with Gasteiger partial charge in [-0.3, -0.25) is 0 Å². The van der Waals surface area contributed by atoms with E-state index in [1.165, 1.54) is 45.0 Å². The summed E-state index contributed by atoms with van der Waals surface area (Å²) in [5.74, 6) is 0. The Morgan fingerprint density at radius 2 is 1.37 bits per heavy atom. The Labute approximate surface area is 113 Å². The number of rotatable bonds is 2. The highest BCUT2D eigenvalue weighted by atomic mass is 14.2. The lowest BCUT2D eigenvalue weighted by atomic mass is 9.96. The molecule has 0 heterocycles. The molecule has 0 nitrogen and oxygen atoms in total. The van der Waals surface area contributed by atoms with Crippen LogP contribution in [0.2, 0.25) is 0 Å². The fourth-order valence-corrected chi connectivity index (χ4v) is 3.36. The third-order valence-corrected chi connectivity index (χ3v) is 4.16. The SMILES string of the molecule is CCCc1ccc2c3c(cccc13)-c1ccccc1-2. The molecule has 0 saturated carbocycles. The molecule has 0 unspecified atom stereocenters. The van der Waals surface area contributed by atoms with E-state index in [9.17, 15) is 0 Å². The molecule has 3 aromatic rings. The van der Waals surface area contributed by atoms with E-state index in [-0.39, 0.29) is 0 Å². The van der Waals surface area contributed by atoms with Crippen LogP contribution in [0.3, 0.4) is 0 Å². The Morgan fingerprint density at radius 3 is 2.11 bits per heavy atom. The lowest BCUT2D eigenvalue weighted by Crippen LogP contribution is -1.86. The van der Waals surface area contributed by atoms with Crippen LogP contribution in [0.4, 0.5) is 0 Å². The molecule has 0 aliphatic heterocycles. The molecule has 1 aliphatic rings. The van der Waals surface area contributed by atoms with E-state index in [0.717, 1.165) is 6.42 Å². The first-order chi connectivity index (χ1) is 9.40. The van der Waals surface area contributed by atoms with Gasteiger partial charge in [-0.15, -0.1) is 0 Å². The fraction of sp³-hybridized carbons (Fsp3) is 0.158. The van der Waals surface area contributed by atoms with Crippen LogP contribution in [0, 0.1) is 0 Å². The van der Waals surface area contributed by atoms with Crippen molar-refractivity contribution in [3.63, 3.8) is 0 Å². The number of fused-ring (bicyclic) bond motifs is 3. The van der Waals surface area contributed by atoms with Gasteiger partial charge in [-0.05, 0) is 45.0 Å². The zero-order chi connectivity index (χ0) is 12.8. The summed E-state index contributed by atoms with van der Waals surface area (Å²) in [6.07, 6.45) is 2.36. The average molecular weight is 244 g/mol. The first-order valence-corrected chi connectivity index (χ1v) is 7.04. The van der Waals surface area contributed by atoms with Crippen molar-refractivity contribution < 1.29 is 0 Å². The molecule has 0 radical (unpaired) electrons. The minimum Gasteiger partial charge on any atom is -0.0651 e. The van der Waals surface area contributed by atoms with Crippen LogP contribution in [0.15, 0.2) is 54.6 Å². The van der Waals surface area contributed by atoms with Gasteiger partial charge in [0, 0.05) is 0 Å². The summed E-state index contributed by atoms with van der Waals surface area (Å²) in [6, 6.07) is 20.1. The van der Waals surface area contributed by atoms with Crippen LogP contribution < -0.4 is 0 Å². The Balaban J connectivity index is 2.14. The van der Waals surface area contributed by atoms with Gasteiger partial charge in [-0.2, -0.15) is 0 Å². The van der Waals surface area contributed by atoms with E-state index in [1.54, 1.807) is 0 Å². The van der Waals surface area contributed by atoms with E-state index < -0.39 is 0 Å². The third-order valence-electron chi connectivity index (χ3n) is 4.16. The summed E-state index contributed by atoms with van der Waals surface area (Å²) in [7, 11) is 0. The molecule has 0 fully saturated rings. The summed E-state index contributed by atoms with van der Waals surface area (Å²) >= 11 is 0. The van der Waals surface area contributed by atoms with Crippen LogP contribution in [-0.4, -0.2) is 0 Å². The number of hydrogen-bond donors (Lipinski definition) is 0. The molecule has 0 saturated heterocycles. The second kappa shape index (κ2) is 3.96. The predicted molar refractivity (Wildman–Crippen MR) is 82.4 cm³/mol. The van der Waals surface area contributed by atoms with Gasteiger partial charge >= 0.3 is 0 Å². The van der Waals surface area contributed by atoms with Gasteiger partial charge in [-0.1, -0.05) is 67.9 Å². The van der Waals surface area contributed by atoms with E-state index in [0.29, 0.717) is 0 Å². The highest BCUT2D eigenvalue weighted by molar-refractivity contribution is 6.15. The maximum absolute atomic E-state index is 2.31. The maximum Gasteiger partial charge on any atom is -0.00236 e. The third kappa shape index (κ3) is 1.40. The highest BCUT2D eigenvalue weighted by Crippen LogP contribution is 2.47. The van der Waals surface area contributed by atoms with Gasteiger partial charge in [0.05, 0.1) is 0 Å². The van der Waals surface area contributed by atoms with Gasteiger partial charge in [0.2, 0.25) is 0 Å². The standard InChI is InChI=1S/C19H16/c1-2-6-13-11-12-18-16-8-4-3-7-15(16)17-10-5-9-14(13)19(17)18/h3-5,7-12H,2,6H2,1H3. The molecule has 92 valence electrons. The van der Waals surface area contributed by atoms with Crippen molar-refractivity contribution >= 4 is 10.8 Å². The van der Waals surface area contributed by atoms with E-state index >= 15 is 0 Å². The molecular weight excluding hydrogens is 228 g/mol. The molecule has 0 aromatic heterocycles. The zero-order valence-corrected chi connectivity index (χ0v) is 11.1. The molecule has 0 amide bonds. The largest absolute Gasteiger partial charge is 0.0651 e. The Hall–Kier alpha value is -2.08. The van der Waals surface area contributed by atoms with Crippen LogP contribution in [0.5, 0.6) is 0 Å². The summed E-state index contributed by atoms with van der Waals surface area (Å²) in [4.78, 5) is 0. The monoisotopic (exact) mass is 244 g/mol. The predicted octanol–water partition coefficient (Wildman–Crippen LogP) is 5.44. The molecule has 1 aliphatic carbocycles. The Morgan fingerprint density at radius 1 is 0.684 bits per heavy atom. The van der Waals surface area contributed by atoms with Crippen molar-refractivity contribution in [2.45, 2.75) is 19.8 Å². The summed E-state index contributed by atoms with van der Waals surface area (Å²) in [6.45, 7) is 2.25. The lowest BCUT2D eigenvalue weighted by molar-refractivity contribution is 0.930. The molecule has 4 rings (SSSR count). The van der Waals surface area contributed by atoms with Crippen molar-refractivity contribution in [1.82, 2.24) is 0 Å². The average Bonchev–Trinajstić information content (AvgIpc) is 2.79. The van der Waals surface area contributed by atoms with Gasteiger partial charge < -0.3 is 0 Å². The summed E-state index contributed by atoms with van der Waals surface area (Å²) < 4.78 is 0. The maximum atomic E-state index is 2.31. The normalized spacial score (nSPS) is 11.8. The Bertz CT molecular complexity index is 752. The topological polar surface area (TPSA) is 0 Å². The first kappa shape index (κ1) is 10.8. The van der Waals surface area contributed by atoms with Crippen molar-refractivity contribution in [2.24, 2.45) is 0 Å². The molecule has 3 aromatic carbocycles. The van der Waals surface area contributed by atoms with Crippen LogP contribution in [0.25, 0.3) is 33.0 Å². The zero-order valence-electron chi connectivity index (χ0n) is 11.1. The van der Waals surface area contributed by atoms with Crippen LogP contribution >= 0.6 is 0 Å². The molecule has 0 atom stereocenters. The molecule has 0 N–H and O–H groups in total. The second-order valence-corrected chi connectivity index (χ2v) is 5.30. The first-order valence-electron chi connectivity index (χ1n) is 7.04. The van der Waals surface area contributed by atoms with E-state index in [4.69, 9.17) is 0 Å². The molecular formula is C19H16. The highest BCUT2D eigenvalue weighted by Gasteiger charge is 2.21. The molecule has 0 bridgehead atoms. The van der Waals surface area contributed by atoms with Gasteiger partial charge in [-0.25, -0.2) is 0 Å². The van der Waals surface area contributed by atoms with Crippen molar-refractivity contribution in [1.29, 1.82) is 0 Å². The van der Waals surface area contributed by atoms with Crippen molar-refractivity contribution in [2.75, 3.05) is 0 Å². The molecule has 0 heteroatoms. The van der Waals surface area contributed by atoms with Crippen LogP contribution in [0.1, 0.15) is 18.9 Å². The van der Waals surface area contributed by atoms with E-state index in [1.807, 2.05) is 0 Å². The molecule has 19 heavy (non-hydrogen) atoms. The van der Waals surface area contributed by atoms with E-state index in [2.05, 4.69) is 61.5 Å². The number of hydrogen-bond acceptors (Lipinski definition) is 0. The lowest BCUT2D eigenvalue weighted by Gasteiger charge is -2.08. The van der Waals surface area contributed by atoms with Gasteiger partial charge in [0.25, 0.3) is 0 Å². The summed E-state index contributed by atoms with van der Waals surface area (Å²) in [5.41, 5.74) is 7.06. The minimum absolute atomic E-state index is 1.16. The van der Waals surface area contributed by atoms with Crippen LogP contribution in [-0.2, 0) is 6.42 Å². The summed E-state index contributed by atoms with van der Waals surface area (Å²) in [5, 5.41) is 2.89. The smallest absolute Gasteiger partial charge is 0.00236 e. The number of benzene rings is 3. The van der Waals surface area contributed by atoms with Crippen molar-refractivity contribution in [3.05, 3.63) is 60.2 Å². The fourth-order valence-electron chi connectivity index (χ4n) is 3.36. The second-order valence-electron chi connectivity index (χ2n) is 5.30. The van der Waals surface area contributed by atoms with Gasteiger partial charge in [0.15, 0.2) is 0 Å².